The maximum atomic E-state index is 9.89. The number of ether oxygens (including phenoxy) is 2. The molecule has 1 aromatic heterocycles. The first-order chi connectivity index (χ1) is 16.5. The standard InChI is InChI=1S/C27H29N3O3S/c1-17-18(2)26(11-10-25(17)31)33-21-8-9-23-24(13-21)30(3)27(29-23)15-32-20-6-4-19(5-7-20)12-22-14-28-16-34-22/h4-11,13,22,28,31H,12,14-16H2,1-3H3. The number of aryl methyl sites for hydroxylation is 1. The fourth-order valence-corrected chi connectivity index (χ4v) is 5.17. The van der Waals surface area contributed by atoms with Crippen molar-refractivity contribution >= 4 is 22.8 Å². The number of rotatable bonds is 7. The van der Waals surface area contributed by atoms with Gasteiger partial charge in [0.25, 0.3) is 0 Å². The number of thioether (sulfide) groups is 1. The fraction of sp³-hybridized carbons (Fsp3) is 0.296. The van der Waals surface area contributed by atoms with E-state index in [-0.39, 0.29) is 5.75 Å². The topological polar surface area (TPSA) is 68.5 Å². The van der Waals surface area contributed by atoms with E-state index in [1.165, 1.54) is 5.56 Å². The highest BCUT2D eigenvalue weighted by Gasteiger charge is 2.15. The first kappa shape index (κ1) is 22.6. The van der Waals surface area contributed by atoms with Gasteiger partial charge in [-0.3, -0.25) is 0 Å². The summed E-state index contributed by atoms with van der Waals surface area (Å²) in [7, 11) is 1.99. The molecule has 1 unspecified atom stereocenters. The van der Waals surface area contributed by atoms with Gasteiger partial charge in [-0.1, -0.05) is 12.1 Å². The number of nitrogens with zero attached hydrogens (tertiary/aromatic N) is 2. The van der Waals surface area contributed by atoms with E-state index in [1.54, 1.807) is 12.1 Å². The molecule has 0 bridgehead atoms. The van der Waals surface area contributed by atoms with E-state index in [4.69, 9.17) is 14.5 Å². The van der Waals surface area contributed by atoms with E-state index in [0.29, 0.717) is 11.9 Å². The summed E-state index contributed by atoms with van der Waals surface area (Å²) >= 11 is 1.98. The molecule has 1 atom stereocenters. The summed E-state index contributed by atoms with van der Waals surface area (Å²) < 4.78 is 14.2. The minimum atomic E-state index is 0.274. The molecule has 1 fully saturated rings. The molecule has 176 valence electrons. The van der Waals surface area contributed by atoms with Crippen LogP contribution in [0, 0.1) is 13.8 Å². The molecule has 0 spiro atoms. The van der Waals surface area contributed by atoms with E-state index < -0.39 is 0 Å². The second kappa shape index (κ2) is 9.60. The Hall–Kier alpha value is -3.16. The second-order valence-corrected chi connectivity index (χ2v) is 9.99. The lowest BCUT2D eigenvalue weighted by molar-refractivity contribution is 0.292. The van der Waals surface area contributed by atoms with Crippen LogP contribution >= 0.6 is 11.8 Å². The number of aromatic hydroxyl groups is 1. The Balaban J connectivity index is 1.27. The maximum absolute atomic E-state index is 9.89. The predicted octanol–water partition coefficient (Wildman–Crippen LogP) is 5.47. The third-order valence-electron chi connectivity index (χ3n) is 6.43. The largest absolute Gasteiger partial charge is 0.508 e. The number of phenolic OH excluding ortho intramolecular Hbond substituents is 1. The van der Waals surface area contributed by atoms with E-state index in [9.17, 15) is 5.11 Å². The van der Waals surface area contributed by atoms with Crippen molar-refractivity contribution < 1.29 is 14.6 Å². The summed E-state index contributed by atoms with van der Waals surface area (Å²) in [6.45, 7) is 5.30. The van der Waals surface area contributed by atoms with Gasteiger partial charge in [0, 0.05) is 30.8 Å². The molecule has 0 aliphatic carbocycles. The molecule has 5 rings (SSSR count). The average Bonchev–Trinajstić information content (AvgIpc) is 3.47. The van der Waals surface area contributed by atoms with Crippen molar-refractivity contribution in [1.29, 1.82) is 0 Å². The van der Waals surface area contributed by atoms with Gasteiger partial charge in [-0.25, -0.2) is 4.98 Å². The number of fused-ring (bicyclic) bond motifs is 1. The van der Waals surface area contributed by atoms with Crippen molar-refractivity contribution in [3.63, 3.8) is 0 Å². The van der Waals surface area contributed by atoms with E-state index in [0.717, 1.165) is 64.1 Å². The van der Waals surface area contributed by atoms with Crippen molar-refractivity contribution in [2.24, 2.45) is 7.05 Å². The molecular weight excluding hydrogens is 446 g/mol. The Bertz CT molecular complexity index is 1310. The zero-order chi connectivity index (χ0) is 23.7. The molecule has 0 amide bonds. The van der Waals surface area contributed by atoms with Gasteiger partial charge in [-0.15, -0.1) is 11.8 Å². The highest BCUT2D eigenvalue weighted by Crippen LogP contribution is 2.33. The lowest BCUT2D eigenvalue weighted by atomic mass is 10.1. The maximum Gasteiger partial charge on any atom is 0.147 e. The molecule has 3 aromatic carbocycles. The minimum absolute atomic E-state index is 0.274. The smallest absolute Gasteiger partial charge is 0.147 e. The van der Waals surface area contributed by atoms with Crippen LogP contribution < -0.4 is 14.8 Å². The number of nitrogens with one attached hydrogen (secondary N) is 1. The number of phenols is 1. The van der Waals surface area contributed by atoms with E-state index >= 15 is 0 Å². The van der Waals surface area contributed by atoms with Gasteiger partial charge >= 0.3 is 0 Å². The Morgan fingerprint density at radius 3 is 2.62 bits per heavy atom. The molecule has 1 aliphatic rings. The Labute approximate surface area is 203 Å². The monoisotopic (exact) mass is 475 g/mol. The fourth-order valence-electron chi connectivity index (χ4n) is 4.15. The normalized spacial score (nSPS) is 15.7. The molecule has 0 saturated carbocycles. The van der Waals surface area contributed by atoms with Crippen LogP contribution in [0.3, 0.4) is 0 Å². The Kier molecular flexibility index (Phi) is 6.39. The zero-order valence-electron chi connectivity index (χ0n) is 19.7. The summed E-state index contributed by atoms with van der Waals surface area (Å²) in [4.78, 5) is 4.74. The predicted molar refractivity (Wildman–Crippen MR) is 137 cm³/mol. The lowest BCUT2D eigenvalue weighted by Crippen LogP contribution is -2.14. The molecule has 2 N–H and O–H groups in total. The Morgan fingerprint density at radius 1 is 1.06 bits per heavy atom. The van der Waals surface area contributed by atoms with Crippen LogP contribution in [0.5, 0.6) is 23.0 Å². The number of aromatic nitrogens is 2. The molecule has 34 heavy (non-hydrogen) atoms. The van der Waals surface area contributed by atoms with Crippen LogP contribution in [-0.2, 0) is 20.1 Å². The molecule has 1 aliphatic heterocycles. The number of benzene rings is 3. The first-order valence-corrected chi connectivity index (χ1v) is 12.5. The first-order valence-electron chi connectivity index (χ1n) is 11.4. The van der Waals surface area contributed by atoms with Gasteiger partial charge < -0.3 is 24.5 Å². The van der Waals surface area contributed by atoms with Gasteiger partial charge in [-0.2, -0.15) is 0 Å². The van der Waals surface area contributed by atoms with E-state index in [2.05, 4.69) is 17.4 Å². The molecule has 4 aromatic rings. The van der Waals surface area contributed by atoms with Crippen LogP contribution in [0.25, 0.3) is 11.0 Å². The van der Waals surface area contributed by atoms with Gasteiger partial charge in [0.1, 0.15) is 35.4 Å². The van der Waals surface area contributed by atoms with Gasteiger partial charge in [0.05, 0.1) is 11.0 Å². The molecular formula is C27H29N3O3S. The van der Waals surface area contributed by atoms with Crippen LogP contribution in [-0.4, -0.2) is 32.3 Å². The van der Waals surface area contributed by atoms with Crippen molar-refractivity contribution in [2.45, 2.75) is 32.1 Å². The highest BCUT2D eigenvalue weighted by atomic mass is 32.2. The number of hydrogen-bond donors (Lipinski definition) is 2. The lowest BCUT2D eigenvalue weighted by Gasteiger charge is -2.12. The molecule has 1 saturated heterocycles. The number of hydrogen-bond acceptors (Lipinski definition) is 6. The number of imidazole rings is 1. The van der Waals surface area contributed by atoms with Crippen molar-refractivity contribution in [3.05, 3.63) is 77.1 Å². The highest BCUT2D eigenvalue weighted by molar-refractivity contribution is 8.00. The van der Waals surface area contributed by atoms with Gasteiger partial charge in [0.2, 0.25) is 0 Å². The zero-order valence-corrected chi connectivity index (χ0v) is 20.5. The van der Waals surface area contributed by atoms with Crippen molar-refractivity contribution in [1.82, 2.24) is 14.9 Å². The quantitative estimate of drug-likeness (QED) is 0.369. The molecule has 6 nitrogen and oxygen atoms in total. The van der Waals surface area contributed by atoms with Crippen LogP contribution in [0.1, 0.15) is 22.5 Å². The van der Waals surface area contributed by atoms with Gasteiger partial charge in [0.15, 0.2) is 0 Å². The Morgan fingerprint density at radius 2 is 1.85 bits per heavy atom. The summed E-state index contributed by atoms with van der Waals surface area (Å²) in [5.74, 6) is 4.47. The summed E-state index contributed by atoms with van der Waals surface area (Å²) in [6, 6.07) is 17.7. The molecule has 7 heteroatoms. The summed E-state index contributed by atoms with van der Waals surface area (Å²) in [6.07, 6.45) is 1.08. The summed E-state index contributed by atoms with van der Waals surface area (Å²) in [5.41, 5.74) is 4.94. The third-order valence-corrected chi connectivity index (χ3v) is 7.60. The van der Waals surface area contributed by atoms with Gasteiger partial charge in [-0.05, 0) is 73.4 Å². The average molecular weight is 476 g/mol. The van der Waals surface area contributed by atoms with E-state index in [1.807, 2.05) is 67.6 Å². The third kappa shape index (κ3) is 4.72. The second-order valence-electron chi connectivity index (χ2n) is 8.70. The van der Waals surface area contributed by atoms with Crippen molar-refractivity contribution in [2.75, 3.05) is 12.4 Å². The molecule has 0 radical (unpaired) electrons. The SMILES string of the molecule is Cc1c(O)ccc(Oc2ccc3nc(COc4ccc(CC5CNCS5)cc4)n(C)c3c2)c1C. The van der Waals surface area contributed by atoms with Crippen LogP contribution in [0.2, 0.25) is 0 Å². The summed E-state index contributed by atoms with van der Waals surface area (Å²) in [5, 5.41) is 13.9. The van der Waals surface area contributed by atoms with Crippen LogP contribution in [0.15, 0.2) is 54.6 Å². The minimum Gasteiger partial charge on any atom is -0.508 e. The van der Waals surface area contributed by atoms with Crippen molar-refractivity contribution in [3.8, 4) is 23.0 Å². The van der Waals surface area contributed by atoms with Crippen LogP contribution in [0.4, 0.5) is 0 Å². The molecule has 2 heterocycles.